The monoisotopic (exact) mass is 409 g/mol. The highest BCUT2D eigenvalue weighted by molar-refractivity contribution is 7.89. The van der Waals surface area contributed by atoms with Crippen molar-refractivity contribution in [1.82, 2.24) is 5.32 Å². The largest absolute Gasteiger partial charge is 0.351 e. The van der Waals surface area contributed by atoms with Gasteiger partial charge >= 0.3 is 0 Å². The first-order chi connectivity index (χ1) is 12.6. The second kappa shape index (κ2) is 8.51. The van der Waals surface area contributed by atoms with Crippen molar-refractivity contribution < 1.29 is 18.0 Å². The molecular weight excluding hydrogens is 390 g/mol. The number of aryl methyl sites for hydroxylation is 1. The fourth-order valence-electron chi connectivity index (χ4n) is 2.36. The summed E-state index contributed by atoms with van der Waals surface area (Å²) in [6.45, 7) is 3.59. The molecule has 2 amide bonds. The molecule has 4 N–H and O–H groups in total. The molecule has 0 atom stereocenters. The van der Waals surface area contributed by atoms with Crippen molar-refractivity contribution in [3.8, 4) is 0 Å². The lowest BCUT2D eigenvalue weighted by molar-refractivity contribution is -0.116. The van der Waals surface area contributed by atoms with E-state index in [1.807, 2.05) is 0 Å². The van der Waals surface area contributed by atoms with E-state index in [1.54, 1.807) is 38.1 Å². The molecule has 9 heteroatoms. The Morgan fingerprint density at radius 1 is 1.15 bits per heavy atom. The van der Waals surface area contributed by atoms with Crippen LogP contribution in [0.15, 0.2) is 41.3 Å². The van der Waals surface area contributed by atoms with Crippen molar-refractivity contribution >= 4 is 39.1 Å². The normalized spacial score (nSPS) is 11.1. The molecule has 2 aromatic rings. The summed E-state index contributed by atoms with van der Waals surface area (Å²) >= 11 is 5.95. The molecule has 0 radical (unpaired) electrons. The van der Waals surface area contributed by atoms with Crippen LogP contribution < -0.4 is 15.8 Å². The molecule has 0 aliphatic heterocycles. The molecule has 0 saturated heterocycles. The van der Waals surface area contributed by atoms with Gasteiger partial charge < -0.3 is 10.6 Å². The molecule has 0 aromatic heterocycles. The maximum absolute atomic E-state index is 12.2. The van der Waals surface area contributed by atoms with Gasteiger partial charge in [-0.3, -0.25) is 9.59 Å². The minimum Gasteiger partial charge on any atom is -0.351 e. The van der Waals surface area contributed by atoms with Crippen molar-refractivity contribution in [3.05, 3.63) is 58.1 Å². The van der Waals surface area contributed by atoms with Gasteiger partial charge in [-0.05, 0) is 49.2 Å². The summed E-state index contributed by atoms with van der Waals surface area (Å²) in [5, 5.41) is 10.8. The lowest BCUT2D eigenvalue weighted by Gasteiger charge is -2.13. The van der Waals surface area contributed by atoms with E-state index in [4.69, 9.17) is 16.7 Å². The number of nitrogens with two attached hydrogens (primary N) is 1. The summed E-state index contributed by atoms with van der Waals surface area (Å²) in [6, 6.07) is 9.36. The van der Waals surface area contributed by atoms with Crippen molar-refractivity contribution in [2.75, 3.05) is 11.9 Å². The van der Waals surface area contributed by atoms with E-state index in [-0.39, 0.29) is 29.7 Å². The molecule has 0 fully saturated rings. The number of carbonyl (C=O) groups excluding carboxylic acids is 2. The summed E-state index contributed by atoms with van der Waals surface area (Å²) in [6.07, 6.45) is 0.00822. The van der Waals surface area contributed by atoms with Crippen LogP contribution in [-0.4, -0.2) is 26.8 Å². The van der Waals surface area contributed by atoms with Crippen LogP contribution in [-0.2, 0) is 14.8 Å². The van der Waals surface area contributed by atoms with Gasteiger partial charge in [0.2, 0.25) is 15.9 Å². The number of benzene rings is 2. The summed E-state index contributed by atoms with van der Waals surface area (Å²) in [7, 11) is -3.88. The predicted molar refractivity (Wildman–Crippen MR) is 104 cm³/mol. The van der Waals surface area contributed by atoms with E-state index in [0.29, 0.717) is 21.8 Å². The topological polar surface area (TPSA) is 118 Å². The van der Waals surface area contributed by atoms with Crippen LogP contribution in [0.4, 0.5) is 5.69 Å². The van der Waals surface area contributed by atoms with Gasteiger partial charge in [0.15, 0.2) is 0 Å². The standard InChI is InChI=1S/C18H20ClN3O4S/c1-11-9-13(27(20,25)26)10-16(12(11)2)22-17(23)7-8-21-18(24)14-5-3-4-6-15(14)19/h3-6,9-10H,7-8H2,1-2H3,(H,21,24)(H,22,23)(H2,20,25,26). The van der Waals surface area contributed by atoms with Gasteiger partial charge in [-0.25, -0.2) is 13.6 Å². The van der Waals surface area contributed by atoms with Crippen LogP contribution >= 0.6 is 11.6 Å². The lowest BCUT2D eigenvalue weighted by atomic mass is 10.1. The quantitative estimate of drug-likeness (QED) is 0.678. The zero-order valence-electron chi connectivity index (χ0n) is 14.9. The number of halogens is 1. The van der Waals surface area contributed by atoms with Gasteiger partial charge in [0, 0.05) is 18.7 Å². The van der Waals surface area contributed by atoms with E-state index in [1.165, 1.54) is 12.1 Å². The average molecular weight is 410 g/mol. The Morgan fingerprint density at radius 2 is 1.81 bits per heavy atom. The summed E-state index contributed by atoms with van der Waals surface area (Å²) in [4.78, 5) is 24.1. The van der Waals surface area contributed by atoms with E-state index < -0.39 is 10.0 Å². The van der Waals surface area contributed by atoms with Gasteiger partial charge in [0.25, 0.3) is 5.91 Å². The van der Waals surface area contributed by atoms with Crippen LogP contribution in [0, 0.1) is 13.8 Å². The van der Waals surface area contributed by atoms with E-state index in [2.05, 4.69) is 10.6 Å². The van der Waals surface area contributed by atoms with Crippen molar-refractivity contribution in [1.29, 1.82) is 0 Å². The van der Waals surface area contributed by atoms with Crippen LogP contribution in [0.25, 0.3) is 0 Å². The van der Waals surface area contributed by atoms with Crippen LogP contribution in [0.5, 0.6) is 0 Å². The third-order valence-corrected chi connectivity index (χ3v) is 5.22. The number of hydrogen-bond donors (Lipinski definition) is 3. The van der Waals surface area contributed by atoms with Crippen molar-refractivity contribution in [2.45, 2.75) is 25.2 Å². The Hall–Kier alpha value is -2.42. The molecule has 2 rings (SSSR count). The zero-order chi connectivity index (χ0) is 20.2. The van der Waals surface area contributed by atoms with Crippen molar-refractivity contribution in [2.24, 2.45) is 5.14 Å². The molecule has 0 aliphatic rings. The maximum atomic E-state index is 12.2. The van der Waals surface area contributed by atoms with E-state index in [0.717, 1.165) is 5.56 Å². The second-order valence-corrected chi connectivity index (χ2v) is 7.96. The Labute approximate surface area is 163 Å². The Bertz CT molecular complexity index is 990. The smallest absolute Gasteiger partial charge is 0.252 e. The summed E-state index contributed by atoms with van der Waals surface area (Å²) < 4.78 is 23.1. The molecule has 0 spiro atoms. The minimum atomic E-state index is -3.88. The highest BCUT2D eigenvalue weighted by Gasteiger charge is 2.15. The van der Waals surface area contributed by atoms with E-state index >= 15 is 0 Å². The summed E-state index contributed by atoms with van der Waals surface area (Å²) in [5.41, 5.74) is 2.10. The van der Waals surface area contributed by atoms with Crippen LogP contribution in [0.1, 0.15) is 27.9 Å². The number of anilines is 1. The summed E-state index contributed by atoms with van der Waals surface area (Å²) in [5.74, 6) is -0.750. The minimum absolute atomic E-state index is 0.00822. The van der Waals surface area contributed by atoms with Gasteiger partial charge in [-0.15, -0.1) is 0 Å². The molecule has 2 aromatic carbocycles. The highest BCUT2D eigenvalue weighted by atomic mass is 35.5. The fourth-order valence-corrected chi connectivity index (χ4v) is 3.21. The van der Waals surface area contributed by atoms with E-state index in [9.17, 15) is 18.0 Å². The zero-order valence-corrected chi connectivity index (χ0v) is 16.4. The molecule has 7 nitrogen and oxygen atoms in total. The number of nitrogens with one attached hydrogen (secondary N) is 2. The number of rotatable bonds is 6. The molecular formula is C18H20ClN3O4S. The average Bonchev–Trinajstić information content (AvgIpc) is 2.58. The fraction of sp³-hybridized carbons (Fsp3) is 0.222. The first-order valence-electron chi connectivity index (χ1n) is 8.06. The molecule has 0 unspecified atom stereocenters. The Kier molecular flexibility index (Phi) is 6.59. The van der Waals surface area contributed by atoms with Gasteiger partial charge in [0.1, 0.15) is 0 Å². The Morgan fingerprint density at radius 3 is 2.44 bits per heavy atom. The first-order valence-corrected chi connectivity index (χ1v) is 9.98. The number of primary sulfonamides is 1. The molecule has 0 aliphatic carbocycles. The number of sulfonamides is 1. The third-order valence-electron chi connectivity index (χ3n) is 4.00. The highest BCUT2D eigenvalue weighted by Crippen LogP contribution is 2.23. The van der Waals surface area contributed by atoms with Gasteiger partial charge in [-0.2, -0.15) is 0 Å². The first kappa shape index (κ1) is 20.9. The Balaban J connectivity index is 1.99. The molecule has 0 saturated carbocycles. The maximum Gasteiger partial charge on any atom is 0.252 e. The number of hydrogen-bond acceptors (Lipinski definition) is 4. The lowest BCUT2D eigenvalue weighted by Crippen LogP contribution is -2.28. The molecule has 0 bridgehead atoms. The predicted octanol–water partition coefficient (Wildman–Crippen LogP) is 2.36. The SMILES string of the molecule is Cc1cc(S(N)(=O)=O)cc(NC(=O)CCNC(=O)c2ccccc2Cl)c1C. The number of carbonyl (C=O) groups is 2. The van der Waals surface area contributed by atoms with Gasteiger partial charge in [0.05, 0.1) is 15.5 Å². The molecule has 27 heavy (non-hydrogen) atoms. The second-order valence-electron chi connectivity index (χ2n) is 5.99. The van der Waals surface area contributed by atoms with Gasteiger partial charge in [-0.1, -0.05) is 23.7 Å². The number of amides is 2. The third kappa shape index (κ3) is 5.53. The van der Waals surface area contributed by atoms with Crippen molar-refractivity contribution in [3.63, 3.8) is 0 Å². The van der Waals surface area contributed by atoms with Crippen LogP contribution in [0.2, 0.25) is 5.02 Å². The molecule has 144 valence electrons. The molecule has 0 heterocycles. The van der Waals surface area contributed by atoms with Crippen LogP contribution in [0.3, 0.4) is 0 Å².